The number of hydrogen-bond acceptors (Lipinski definition) is 5. The van der Waals surface area contributed by atoms with E-state index in [9.17, 15) is 4.79 Å². The summed E-state index contributed by atoms with van der Waals surface area (Å²) < 4.78 is 5.50. The first-order valence-corrected chi connectivity index (χ1v) is 7.69. The lowest BCUT2D eigenvalue weighted by Gasteiger charge is -2.26. The van der Waals surface area contributed by atoms with Gasteiger partial charge in [-0.15, -0.1) is 0 Å². The monoisotopic (exact) mass is 323 g/mol. The number of cyclic esters (lactones) is 1. The molecule has 0 spiro atoms. The van der Waals surface area contributed by atoms with Crippen LogP contribution in [-0.4, -0.2) is 34.4 Å². The zero-order valence-electron chi connectivity index (χ0n) is 13.2. The van der Waals surface area contributed by atoms with Gasteiger partial charge in [0.25, 0.3) is 0 Å². The lowest BCUT2D eigenvalue weighted by Crippen LogP contribution is -2.38. The van der Waals surface area contributed by atoms with Gasteiger partial charge in [0.05, 0.1) is 12.7 Å². The molecule has 122 valence electrons. The van der Waals surface area contributed by atoms with Gasteiger partial charge in [-0.1, -0.05) is 17.7 Å². The molecule has 1 aromatic carbocycles. The topological polar surface area (TPSA) is 106 Å². The lowest BCUT2D eigenvalue weighted by atomic mass is 9.89. The van der Waals surface area contributed by atoms with Gasteiger partial charge in [-0.3, -0.25) is 5.10 Å². The molecule has 0 radical (unpaired) electrons. The standard InChI is InChI=1S/C17H17N5O2/c1-10-4-11(13-2-3-19-15-14(13)7-21-22-15)6-12(5-10)17(8-18)9-20-16(23)24-17/h2-7H,8-9,18H2,1H3,(H,20,23)(H,19,21,22). The number of nitrogens with two attached hydrogens (primary N) is 1. The van der Waals surface area contributed by atoms with E-state index in [1.165, 1.54) is 0 Å². The van der Waals surface area contributed by atoms with Crippen molar-refractivity contribution in [3.63, 3.8) is 0 Å². The van der Waals surface area contributed by atoms with Crippen LogP contribution in [0.5, 0.6) is 0 Å². The van der Waals surface area contributed by atoms with Crippen LogP contribution in [0.15, 0.2) is 36.7 Å². The average molecular weight is 323 g/mol. The molecular weight excluding hydrogens is 306 g/mol. The summed E-state index contributed by atoms with van der Waals surface area (Å²) in [6, 6.07) is 8.05. The van der Waals surface area contributed by atoms with Crippen LogP contribution in [0.3, 0.4) is 0 Å². The van der Waals surface area contributed by atoms with Crippen molar-refractivity contribution >= 4 is 17.1 Å². The summed E-state index contributed by atoms with van der Waals surface area (Å²) in [5.74, 6) is 0. The summed E-state index contributed by atoms with van der Waals surface area (Å²) in [6.45, 7) is 2.59. The zero-order valence-corrected chi connectivity index (χ0v) is 13.2. The van der Waals surface area contributed by atoms with Gasteiger partial charge in [-0.2, -0.15) is 5.10 Å². The van der Waals surface area contributed by atoms with Crippen LogP contribution >= 0.6 is 0 Å². The number of aromatic nitrogens is 3. The Morgan fingerprint density at radius 1 is 1.38 bits per heavy atom. The number of pyridine rings is 1. The lowest BCUT2D eigenvalue weighted by molar-refractivity contribution is 0.0617. The molecule has 4 rings (SSSR count). The van der Waals surface area contributed by atoms with Gasteiger partial charge in [0.1, 0.15) is 0 Å². The number of aromatic amines is 1. The number of hydrogen-bond donors (Lipinski definition) is 3. The van der Waals surface area contributed by atoms with E-state index in [-0.39, 0.29) is 6.54 Å². The number of aryl methyl sites for hydroxylation is 1. The van der Waals surface area contributed by atoms with Crippen LogP contribution < -0.4 is 11.1 Å². The summed E-state index contributed by atoms with van der Waals surface area (Å²) in [4.78, 5) is 15.8. The normalized spacial score (nSPS) is 20.2. The van der Waals surface area contributed by atoms with E-state index in [1.807, 2.05) is 25.1 Å². The molecule has 1 aliphatic rings. The fourth-order valence-corrected chi connectivity index (χ4v) is 3.16. The third kappa shape index (κ3) is 2.21. The van der Waals surface area contributed by atoms with Gasteiger partial charge >= 0.3 is 6.09 Å². The highest BCUT2D eigenvalue weighted by atomic mass is 16.6. The SMILES string of the molecule is Cc1cc(-c2ccnc3[nH]ncc23)cc(C2(CN)CNC(=O)O2)c1. The van der Waals surface area contributed by atoms with E-state index in [2.05, 4.69) is 26.6 Å². The molecule has 7 heteroatoms. The smallest absolute Gasteiger partial charge is 0.408 e. The number of carbonyl (C=O) groups excluding carboxylic acids is 1. The minimum Gasteiger partial charge on any atom is -0.435 e. The number of nitrogens with zero attached hydrogens (tertiary/aromatic N) is 2. The maximum atomic E-state index is 11.6. The largest absolute Gasteiger partial charge is 0.435 e. The predicted molar refractivity (Wildman–Crippen MR) is 89.3 cm³/mol. The highest BCUT2D eigenvalue weighted by Gasteiger charge is 2.41. The predicted octanol–water partition coefficient (Wildman–Crippen LogP) is 1.83. The summed E-state index contributed by atoms with van der Waals surface area (Å²) in [7, 11) is 0. The van der Waals surface area contributed by atoms with Gasteiger partial charge < -0.3 is 15.8 Å². The second-order valence-corrected chi connectivity index (χ2v) is 6.02. The molecular formula is C17H17N5O2. The Hall–Kier alpha value is -2.93. The Balaban J connectivity index is 1.88. The minimum absolute atomic E-state index is 0.214. The number of amides is 1. The van der Waals surface area contributed by atoms with Crippen molar-refractivity contribution in [1.82, 2.24) is 20.5 Å². The fourth-order valence-electron chi connectivity index (χ4n) is 3.16. The average Bonchev–Trinajstić information content (AvgIpc) is 3.21. The molecule has 3 aromatic rings. The number of H-pyrrole nitrogens is 1. The van der Waals surface area contributed by atoms with Gasteiger partial charge in [0.15, 0.2) is 11.2 Å². The maximum Gasteiger partial charge on any atom is 0.408 e. The number of nitrogens with one attached hydrogen (secondary N) is 2. The molecule has 2 aromatic heterocycles. The Morgan fingerprint density at radius 3 is 3.00 bits per heavy atom. The van der Waals surface area contributed by atoms with E-state index in [0.29, 0.717) is 6.54 Å². The van der Waals surface area contributed by atoms with Crippen LogP contribution in [-0.2, 0) is 10.3 Å². The van der Waals surface area contributed by atoms with Crippen LogP contribution in [0, 0.1) is 6.92 Å². The van der Waals surface area contributed by atoms with Gasteiger partial charge in [0.2, 0.25) is 0 Å². The third-order valence-corrected chi connectivity index (χ3v) is 4.40. The molecule has 1 aliphatic heterocycles. The van der Waals surface area contributed by atoms with Crippen molar-refractivity contribution in [2.75, 3.05) is 13.1 Å². The molecule has 0 bridgehead atoms. The second-order valence-electron chi connectivity index (χ2n) is 6.02. The van der Waals surface area contributed by atoms with E-state index in [1.54, 1.807) is 12.4 Å². The molecule has 1 atom stereocenters. The fraction of sp³-hybridized carbons (Fsp3) is 0.235. The molecule has 1 saturated heterocycles. The number of alkyl carbamates (subject to hydrolysis) is 1. The molecule has 3 heterocycles. The number of fused-ring (bicyclic) bond motifs is 1. The summed E-state index contributed by atoms with van der Waals surface area (Å²) in [5.41, 5.74) is 9.80. The number of ether oxygens (including phenoxy) is 1. The van der Waals surface area contributed by atoms with Crippen molar-refractivity contribution < 1.29 is 9.53 Å². The van der Waals surface area contributed by atoms with Crippen molar-refractivity contribution in [1.29, 1.82) is 0 Å². The molecule has 7 nitrogen and oxygen atoms in total. The van der Waals surface area contributed by atoms with Crippen LogP contribution in [0.25, 0.3) is 22.2 Å². The highest BCUT2D eigenvalue weighted by Crippen LogP contribution is 2.34. The Kier molecular flexibility index (Phi) is 3.24. The summed E-state index contributed by atoms with van der Waals surface area (Å²) in [6.07, 6.45) is 3.06. The molecule has 0 aliphatic carbocycles. The summed E-state index contributed by atoms with van der Waals surface area (Å²) >= 11 is 0. The van der Waals surface area contributed by atoms with Crippen LogP contribution in [0.2, 0.25) is 0 Å². The molecule has 1 fully saturated rings. The summed E-state index contributed by atoms with van der Waals surface area (Å²) in [5, 5.41) is 10.6. The highest BCUT2D eigenvalue weighted by molar-refractivity contribution is 5.92. The first-order valence-electron chi connectivity index (χ1n) is 7.69. The Labute approximate surface area is 138 Å². The third-order valence-electron chi connectivity index (χ3n) is 4.40. The zero-order chi connectivity index (χ0) is 16.7. The van der Waals surface area contributed by atoms with Crippen molar-refractivity contribution in [3.8, 4) is 11.1 Å². The number of rotatable bonds is 3. The number of benzene rings is 1. The maximum absolute atomic E-state index is 11.6. The van der Waals surface area contributed by atoms with E-state index < -0.39 is 11.7 Å². The number of carbonyl (C=O) groups is 1. The molecule has 0 saturated carbocycles. The van der Waals surface area contributed by atoms with Gasteiger partial charge in [-0.25, -0.2) is 9.78 Å². The quantitative estimate of drug-likeness (QED) is 0.682. The van der Waals surface area contributed by atoms with E-state index in [0.717, 1.165) is 33.3 Å². The molecule has 1 unspecified atom stereocenters. The van der Waals surface area contributed by atoms with E-state index >= 15 is 0 Å². The molecule has 1 amide bonds. The minimum atomic E-state index is -0.833. The van der Waals surface area contributed by atoms with Crippen molar-refractivity contribution in [3.05, 3.63) is 47.8 Å². The van der Waals surface area contributed by atoms with Gasteiger partial charge in [0, 0.05) is 18.1 Å². The van der Waals surface area contributed by atoms with Gasteiger partial charge in [-0.05, 0) is 35.7 Å². The Bertz CT molecular complexity index is 936. The van der Waals surface area contributed by atoms with Crippen LogP contribution in [0.4, 0.5) is 4.79 Å². The van der Waals surface area contributed by atoms with Crippen molar-refractivity contribution in [2.24, 2.45) is 5.73 Å². The molecule has 24 heavy (non-hydrogen) atoms. The Morgan fingerprint density at radius 2 is 2.25 bits per heavy atom. The first kappa shape index (κ1) is 14.6. The second kappa shape index (κ2) is 5.31. The first-order chi connectivity index (χ1) is 11.6. The van der Waals surface area contributed by atoms with E-state index in [4.69, 9.17) is 10.5 Å². The van der Waals surface area contributed by atoms with Crippen LogP contribution in [0.1, 0.15) is 11.1 Å². The van der Waals surface area contributed by atoms with Crippen molar-refractivity contribution in [2.45, 2.75) is 12.5 Å². The molecule has 4 N–H and O–H groups in total.